The SMILES string of the molecule is CC(=O)N1CCC(CCc2noc(C)n2)C1. The Morgan fingerprint density at radius 3 is 3.00 bits per heavy atom. The Labute approximate surface area is 94.8 Å². The van der Waals surface area contributed by atoms with Gasteiger partial charge in [-0.25, -0.2) is 0 Å². The summed E-state index contributed by atoms with van der Waals surface area (Å²) in [6.45, 7) is 5.20. The van der Waals surface area contributed by atoms with Gasteiger partial charge in [-0.05, 0) is 18.8 Å². The van der Waals surface area contributed by atoms with Crippen molar-refractivity contribution >= 4 is 5.91 Å². The summed E-state index contributed by atoms with van der Waals surface area (Å²) in [5.41, 5.74) is 0. The van der Waals surface area contributed by atoms with Gasteiger partial charge in [0.05, 0.1) is 0 Å². The predicted octanol–water partition coefficient (Wildman–Crippen LogP) is 1.18. The molecule has 1 aliphatic heterocycles. The molecule has 1 aromatic heterocycles. The van der Waals surface area contributed by atoms with Gasteiger partial charge in [-0.15, -0.1) is 0 Å². The van der Waals surface area contributed by atoms with E-state index in [1.807, 2.05) is 4.90 Å². The van der Waals surface area contributed by atoms with E-state index >= 15 is 0 Å². The normalized spacial score (nSPS) is 20.4. The van der Waals surface area contributed by atoms with Crippen molar-refractivity contribution in [3.05, 3.63) is 11.7 Å². The quantitative estimate of drug-likeness (QED) is 0.772. The average Bonchev–Trinajstić information content (AvgIpc) is 2.83. The van der Waals surface area contributed by atoms with Crippen LogP contribution in [0.4, 0.5) is 0 Å². The first-order valence-electron chi connectivity index (χ1n) is 5.70. The molecule has 0 N–H and O–H groups in total. The van der Waals surface area contributed by atoms with Crippen LogP contribution in [0.15, 0.2) is 4.52 Å². The van der Waals surface area contributed by atoms with Crippen LogP contribution in [0.5, 0.6) is 0 Å². The first-order valence-corrected chi connectivity index (χ1v) is 5.70. The summed E-state index contributed by atoms with van der Waals surface area (Å²) >= 11 is 0. The van der Waals surface area contributed by atoms with E-state index in [9.17, 15) is 4.79 Å². The molecule has 0 bridgehead atoms. The van der Waals surface area contributed by atoms with Gasteiger partial charge >= 0.3 is 0 Å². The molecule has 1 unspecified atom stereocenters. The van der Waals surface area contributed by atoms with Crippen molar-refractivity contribution in [3.63, 3.8) is 0 Å². The number of hydrogen-bond acceptors (Lipinski definition) is 4. The summed E-state index contributed by atoms with van der Waals surface area (Å²) < 4.78 is 4.91. The minimum atomic E-state index is 0.179. The highest BCUT2D eigenvalue weighted by atomic mass is 16.5. The highest BCUT2D eigenvalue weighted by Crippen LogP contribution is 2.20. The van der Waals surface area contributed by atoms with Gasteiger partial charge in [-0.1, -0.05) is 5.16 Å². The highest BCUT2D eigenvalue weighted by molar-refractivity contribution is 5.73. The Kier molecular flexibility index (Phi) is 3.22. The van der Waals surface area contributed by atoms with E-state index in [1.54, 1.807) is 13.8 Å². The number of likely N-dealkylation sites (tertiary alicyclic amines) is 1. The Morgan fingerprint density at radius 2 is 2.44 bits per heavy atom. The number of rotatable bonds is 3. The maximum atomic E-state index is 11.2. The monoisotopic (exact) mass is 223 g/mol. The Balaban J connectivity index is 1.77. The van der Waals surface area contributed by atoms with E-state index in [1.165, 1.54) is 0 Å². The lowest BCUT2D eigenvalue weighted by atomic mass is 10.0. The van der Waals surface area contributed by atoms with Gasteiger partial charge in [-0.2, -0.15) is 4.98 Å². The maximum absolute atomic E-state index is 11.2. The zero-order valence-electron chi connectivity index (χ0n) is 9.77. The van der Waals surface area contributed by atoms with Crippen LogP contribution >= 0.6 is 0 Å². The third kappa shape index (κ3) is 2.59. The van der Waals surface area contributed by atoms with Gasteiger partial charge < -0.3 is 9.42 Å². The van der Waals surface area contributed by atoms with Gasteiger partial charge in [0.15, 0.2) is 5.82 Å². The van der Waals surface area contributed by atoms with E-state index in [0.717, 1.165) is 38.2 Å². The van der Waals surface area contributed by atoms with Crippen LogP contribution in [0.2, 0.25) is 0 Å². The molecule has 0 spiro atoms. The van der Waals surface area contributed by atoms with Crippen LogP contribution < -0.4 is 0 Å². The van der Waals surface area contributed by atoms with Crippen molar-refractivity contribution < 1.29 is 9.32 Å². The van der Waals surface area contributed by atoms with E-state index in [4.69, 9.17) is 4.52 Å². The molecule has 1 aromatic rings. The molecule has 0 aromatic carbocycles. The molecule has 0 radical (unpaired) electrons. The standard InChI is InChI=1S/C11H17N3O2/c1-8-12-11(13-16-8)4-3-10-5-6-14(7-10)9(2)15/h10H,3-7H2,1-2H3. The van der Waals surface area contributed by atoms with Crippen LogP contribution in [0.1, 0.15) is 31.5 Å². The van der Waals surface area contributed by atoms with Crippen LogP contribution in [0.25, 0.3) is 0 Å². The largest absolute Gasteiger partial charge is 0.343 e. The second kappa shape index (κ2) is 4.63. The lowest BCUT2D eigenvalue weighted by molar-refractivity contribution is -0.127. The predicted molar refractivity (Wildman–Crippen MR) is 57.7 cm³/mol. The molecule has 0 aliphatic carbocycles. The summed E-state index contributed by atoms with van der Waals surface area (Å²) in [5, 5.41) is 3.86. The van der Waals surface area contributed by atoms with Crippen LogP contribution in [-0.2, 0) is 11.2 Å². The molecule has 0 saturated carbocycles. The Morgan fingerprint density at radius 1 is 1.62 bits per heavy atom. The topological polar surface area (TPSA) is 59.2 Å². The lowest BCUT2D eigenvalue weighted by Gasteiger charge is -2.13. The fourth-order valence-electron chi connectivity index (χ4n) is 2.13. The molecule has 2 rings (SSSR count). The number of carbonyl (C=O) groups excluding carboxylic acids is 1. The zero-order valence-corrected chi connectivity index (χ0v) is 9.77. The Hall–Kier alpha value is -1.39. The number of amides is 1. The van der Waals surface area contributed by atoms with E-state index in [-0.39, 0.29) is 5.91 Å². The summed E-state index contributed by atoms with van der Waals surface area (Å²) in [6, 6.07) is 0. The number of aromatic nitrogens is 2. The summed E-state index contributed by atoms with van der Waals surface area (Å²) in [7, 11) is 0. The van der Waals surface area contributed by atoms with E-state index in [0.29, 0.717) is 11.8 Å². The second-order valence-corrected chi connectivity index (χ2v) is 4.39. The fraction of sp³-hybridized carbons (Fsp3) is 0.727. The van der Waals surface area contributed by atoms with Gasteiger partial charge in [0, 0.05) is 33.4 Å². The molecule has 1 aliphatic rings. The minimum absolute atomic E-state index is 0.179. The molecule has 5 nitrogen and oxygen atoms in total. The van der Waals surface area contributed by atoms with Crippen molar-refractivity contribution in [2.24, 2.45) is 5.92 Å². The first-order chi connectivity index (χ1) is 7.65. The van der Waals surface area contributed by atoms with Gasteiger partial charge in [0.2, 0.25) is 11.8 Å². The Bertz CT molecular complexity index is 375. The third-order valence-electron chi connectivity index (χ3n) is 3.08. The van der Waals surface area contributed by atoms with Crippen LogP contribution in [0.3, 0.4) is 0 Å². The van der Waals surface area contributed by atoms with Crippen molar-refractivity contribution in [1.82, 2.24) is 15.0 Å². The molecular weight excluding hydrogens is 206 g/mol. The van der Waals surface area contributed by atoms with E-state index < -0.39 is 0 Å². The minimum Gasteiger partial charge on any atom is -0.343 e. The molecule has 1 atom stereocenters. The van der Waals surface area contributed by atoms with Gasteiger partial charge in [0.25, 0.3) is 0 Å². The van der Waals surface area contributed by atoms with E-state index in [2.05, 4.69) is 10.1 Å². The smallest absolute Gasteiger partial charge is 0.223 e. The maximum Gasteiger partial charge on any atom is 0.223 e. The number of carbonyl (C=O) groups is 1. The van der Waals surface area contributed by atoms with Crippen LogP contribution in [-0.4, -0.2) is 34.0 Å². The molecule has 1 fully saturated rings. The third-order valence-corrected chi connectivity index (χ3v) is 3.08. The van der Waals surface area contributed by atoms with Crippen molar-refractivity contribution in [2.45, 2.75) is 33.1 Å². The summed E-state index contributed by atoms with van der Waals surface area (Å²) in [5.74, 6) is 2.16. The number of hydrogen-bond donors (Lipinski definition) is 0. The fourth-order valence-corrected chi connectivity index (χ4v) is 2.13. The molecule has 16 heavy (non-hydrogen) atoms. The van der Waals surface area contributed by atoms with Crippen molar-refractivity contribution in [3.8, 4) is 0 Å². The van der Waals surface area contributed by atoms with Gasteiger partial charge in [0.1, 0.15) is 0 Å². The molecule has 2 heterocycles. The highest BCUT2D eigenvalue weighted by Gasteiger charge is 2.24. The average molecular weight is 223 g/mol. The second-order valence-electron chi connectivity index (χ2n) is 4.39. The molecule has 1 saturated heterocycles. The first kappa shape index (κ1) is 11.1. The van der Waals surface area contributed by atoms with Crippen molar-refractivity contribution in [2.75, 3.05) is 13.1 Å². The number of nitrogens with zero attached hydrogens (tertiary/aromatic N) is 3. The van der Waals surface area contributed by atoms with Gasteiger partial charge in [-0.3, -0.25) is 4.79 Å². The van der Waals surface area contributed by atoms with Crippen molar-refractivity contribution in [1.29, 1.82) is 0 Å². The molecule has 1 amide bonds. The zero-order chi connectivity index (χ0) is 11.5. The molecule has 5 heteroatoms. The summed E-state index contributed by atoms with van der Waals surface area (Å²) in [6.07, 6.45) is 2.97. The molecular formula is C11H17N3O2. The summed E-state index contributed by atoms with van der Waals surface area (Å²) in [4.78, 5) is 17.2. The lowest BCUT2D eigenvalue weighted by Crippen LogP contribution is -2.25. The van der Waals surface area contributed by atoms with Crippen LogP contribution in [0, 0.1) is 12.8 Å². The number of aryl methyl sites for hydroxylation is 2. The molecule has 88 valence electrons.